The van der Waals surface area contributed by atoms with Crippen LogP contribution >= 0.6 is 12.4 Å². The number of hydrogen-bond donors (Lipinski definition) is 1. The first-order valence-corrected chi connectivity index (χ1v) is 8.64. The SMILES string of the molecule is Cl.NC1C[C@@H]2CN(c3cc(C(F)F)c(-c4cc(F)cc(F)c4F)nn3)C[C@H]2C1. The molecular weight excluding hydrogens is 403 g/mol. The number of anilines is 1. The second kappa shape index (κ2) is 7.79. The van der Waals surface area contributed by atoms with Crippen molar-refractivity contribution in [1.82, 2.24) is 10.2 Å². The number of rotatable bonds is 3. The highest BCUT2D eigenvalue weighted by Crippen LogP contribution is 2.40. The highest BCUT2D eigenvalue weighted by molar-refractivity contribution is 5.85. The molecule has 4 nitrogen and oxygen atoms in total. The van der Waals surface area contributed by atoms with Crippen LogP contribution in [0.15, 0.2) is 18.2 Å². The van der Waals surface area contributed by atoms with Crippen LogP contribution in [0.5, 0.6) is 0 Å². The van der Waals surface area contributed by atoms with Gasteiger partial charge in [0.2, 0.25) is 0 Å². The van der Waals surface area contributed by atoms with E-state index in [1.807, 2.05) is 4.90 Å². The summed E-state index contributed by atoms with van der Waals surface area (Å²) in [7, 11) is 0. The van der Waals surface area contributed by atoms with Crippen LogP contribution in [0.2, 0.25) is 0 Å². The normalized spacial score (nSPS) is 21.9. The summed E-state index contributed by atoms with van der Waals surface area (Å²) in [6.07, 6.45) is -1.25. The monoisotopic (exact) mass is 420 g/mol. The summed E-state index contributed by atoms with van der Waals surface area (Å²) in [5.74, 6) is -2.99. The Bertz CT molecular complexity index is 867. The highest BCUT2D eigenvalue weighted by Gasteiger charge is 2.40. The third kappa shape index (κ3) is 3.65. The lowest BCUT2D eigenvalue weighted by molar-refractivity contribution is 0.151. The molecule has 0 spiro atoms. The average molecular weight is 421 g/mol. The van der Waals surface area contributed by atoms with Gasteiger partial charge in [-0.25, -0.2) is 22.0 Å². The Morgan fingerprint density at radius 2 is 1.64 bits per heavy atom. The first kappa shape index (κ1) is 20.7. The van der Waals surface area contributed by atoms with Crippen molar-refractivity contribution < 1.29 is 22.0 Å². The number of alkyl halides is 2. The van der Waals surface area contributed by atoms with Gasteiger partial charge in [-0.2, -0.15) is 0 Å². The van der Waals surface area contributed by atoms with Gasteiger partial charge in [-0.05, 0) is 36.8 Å². The van der Waals surface area contributed by atoms with Crippen molar-refractivity contribution in [2.75, 3.05) is 18.0 Å². The molecule has 2 atom stereocenters. The van der Waals surface area contributed by atoms with Crippen LogP contribution in [0.1, 0.15) is 24.8 Å². The van der Waals surface area contributed by atoms with Crippen molar-refractivity contribution in [3.8, 4) is 11.3 Å². The molecule has 10 heteroatoms. The van der Waals surface area contributed by atoms with E-state index in [1.54, 1.807) is 0 Å². The zero-order chi connectivity index (χ0) is 19.3. The molecule has 1 saturated carbocycles. The highest BCUT2D eigenvalue weighted by atomic mass is 35.5. The molecule has 2 heterocycles. The second-order valence-corrected chi connectivity index (χ2v) is 7.21. The summed E-state index contributed by atoms with van der Waals surface area (Å²) < 4.78 is 68.1. The zero-order valence-electron chi connectivity index (χ0n) is 14.6. The minimum absolute atomic E-state index is 0. The van der Waals surface area contributed by atoms with Gasteiger partial charge in [0.1, 0.15) is 11.5 Å². The van der Waals surface area contributed by atoms with Gasteiger partial charge in [-0.3, -0.25) is 0 Å². The molecule has 28 heavy (non-hydrogen) atoms. The first-order chi connectivity index (χ1) is 12.8. The topological polar surface area (TPSA) is 55.0 Å². The molecule has 152 valence electrons. The van der Waals surface area contributed by atoms with Gasteiger partial charge in [0, 0.05) is 36.3 Å². The Morgan fingerprint density at radius 1 is 1.00 bits per heavy atom. The molecule has 1 aromatic heterocycles. The van der Waals surface area contributed by atoms with Gasteiger partial charge in [-0.1, -0.05) is 0 Å². The average Bonchev–Trinajstić information content (AvgIpc) is 3.15. The van der Waals surface area contributed by atoms with Gasteiger partial charge in [0.05, 0.1) is 0 Å². The lowest BCUT2D eigenvalue weighted by Crippen LogP contribution is -2.26. The second-order valence-electron chi connectivity index (χ2n) is 7.21. The summed E-state index contributed by atoms with van der Waals surface area (Å²) in [6.45, 7) is 1.27. The molecule has 0 radical (unpaired) electrons. The van der Waals surface area contributed by atoms with E-state index in [0.29, 0.717) is 37.1 Å². The van der Waals surface area contributed by atoms with Gasteiger partial charge >= 0.3 is 0 Å². The molecule has 1 aliphatic heterocycles. The van der Waals surface area contributed by atoms with Crippen molar-refractivity contribution in [1.29, 1.82) is 0 Å². The summed E-state index contributed by atoms with van der Waals surface area (Å²) in [5, 5.41) is 7.62. The lowest BCUT2D eigenvalue weighted by Gasteiger charge is -2.20. The molecule has 1 aromatic carbocycles. The van der Waals surface area contributed by atoms with Crippen molar-refractivity contribution in [3.05, 3.63) is 41.2 Å². The lowest BCUT2D eigenvalue weighted by atomic mass is 10.0. The molecule has 0 unspecified atom stereocenters. The van der Waals surface area contributed by atoms with Crippen LogP contribution in [-0.2, 0) is 0 Å². The Hall–Kier alpha value is -2.00. The van der Waals surface area contributed by atoms with Gasteiger partial charge in [-0.15, -0.1) is 22.6 Å². The van der Waals surface area contributed by atoms with E-state index < -0.39 is 40.7 Å². The maximum Gasteiger partial charge on any atom is 0.266 e. The third-order valence-electron chi connectivity index (χ3n) is 5.41. The Labute approximate surface area is 164 Å². The minimum Gasteiger partial charge on any atom is -0.355 e. The van der Waals surface area contributed by atoms with E-state index in [2.05, 4.69) is 10.2 Å². The number of aromatic nitrogens is 2. The largest absolute Gasteiger partial charge is 0.355 e. The standard InChI is InChI=1S/C18H17F5N4.ClH/c19-10-3-12(16(21)14(20)4-10)17-13(18(22)23)5-15(25-26-17)27-6-8-1-11(24)2-9(8)7-27;/h3-5,8-9,11,18H,1-2,6-7,24H2;1H/t8-,9-;/m1./s1. The van der Waals surface area contributed by atoms with Crippen LogP contribution in [0.4, 0.5) is 27.8 Å². The zero-order valence-corrected chi connectivity index (χ0v) is 15.4. The fourth-order valence-electron chi connectivity index (χ4n) is 4.19. The van der Waals surface area contributed by atoms with E-state index in [1.165, 1.54) is 0 Å². The number of benzene rings is 1. The molecule has 1 saturated heterocycles. The summed E-state index contributed by atoms with van der Waals surface area (Å²) in [6, 6.07) is 2.26. The summed E-state index contributed by atoms with van der Waals surface area (Å²) in [5.41, 5.74) is 4.10. The van der Waals surface area contributed by atoms with Crippen LogP contribution < -0.4 is 10.6 Å². The molecule has 2 fully saturated rings. The van der Waals surface area contributed by atoms with Crippen molar-refractivity contribution >= 4 is 18.2 Å². The molecule has 0 bridgehead atoms. The number of nitrogens with two attached hydrogens (primary N) is 1. The quantitative estimate of drug-likeness (QED) is 0.600. The number of halogens is 6. The third-order valence-corrected chi connectivity index (χ3v) is 5.41. The minimum atomic E-state index is -3.00. The van der Waals surface area contributed by atoms with E-state index in [-0.39, 0.29) is 24.3 Å². The molecular formula is C18H18ClF5N4. The van der Waals surface area contributed by atoms with Crippen molar-refractivity contribution in [2.45, 2.75) is 25.3 Å². The summed E-state index contributed by atoms with van der Waals surface area (Å²) in [4.78, 5) is 1.85. The first-order valence-electron chi connectivity index (χ1n) is 8.64. The number of fused-ring (bicyclic) bond motifs is 1. The van der Waals surface area contributed by atoms with Crippen LogP contribution in [0.3, 0.4) is 0 Å². The summed E-state index contributed by atoms with van der Waals surface area (Å²) >= 11 is 0. The predicted octanol–water partition coefficient (Wildman–Crippen LogP) is 4.09. The predicted molar refractivity (Wildman–Crippen MR) is 95.9 cm³/mol. The molecule has 2 aromatic rings. The van der Waals surface area contributed by atoms with Gasteiger partial charge in [0.15, 0.2) is 17.5 Å². The molecule has 4 rings (SSSR count). The smallest absolute Gasteiger partial charge is 0.266 e. The number of nitrogens with zero attached hydrogens (tertiary/aromatic N) is 3. The fraction of sp³-hybridized carbons (Fsp3) is 0.444. The van der Waals surface area contributed by atoms with Crippen molar-refractivity contribution in [3.63, 3.8) is 0 Å². The van der Waals surface area contributed by atoms with Crippen LogP contribution in [-0.4, -0.2) is 29.3 Å². The molecule has 1 aliphatic carbocycles. The van der Waals surface area contributed by atoms with E-state index in [0.717, 1.165) is 18.9 Å². The number of hydrogen-bond acceptors (Lipinski definition) is 4. The van der Waals surface area contributed by atoms with E-state index in [4.69, 9.17) is 5.73 Å². The maximum absolute atomic E-state index is 14.0. The Morgan fingerprint density at radius 3 is 2.25 bits per heavy atom. The van der Waals surface area contributed by atoms with Gasteiger partial charge < -0.3 is 10.6 Å². The maximum atomic E-state index is 14.0. The Balaban J connectivity index is 0.00000225. The van der Waals surface area contributed by atoms with Gasteiger partial charge in [0.25, 0.3) is 6.43 Å². The van der Waals surface area contributed by atoms with Crippen LogP contribution in [0.25, 0.3) is 11.3 Å². The molecule has 0 amide bonds. The van der Waals surface area contributed by atoms with E-state index in [9.17, 15) is 22.0 Å². The fourth-order valence-corrected chi connectivity index (χ4v) is 4.19. The van der Waals surface area contributed by atoms with Crippen LogP contribution in [0, 0.1) is 29.3 Å². The van der Waals surface area contributed by atoms with E-state index >= 15 is 0 Å². The molecule has 2 aliphatic rings. The molecule has 2 N–H and O–H groups in total. The van der Waals surface area contributed by atoms with Crippen molar-refractivity contribution in [2.24, 2.45) is 17.6 Å². The Kier molecular flexibility index (Phi) is 5.77.